The predicted octanol–water partition coefficient (Wildman–Crippen LogP) is 2.51. The topological polar surface area (TPSA) is 72.5 Å². The highest BCUT2D eigenvalue weighted by atomic mass is 31.2. The molecule has 2 atom stereocenters. The fraction of sp³-hybridized carbons (Fsp3) is 0.250. The molecule has 0 heterocycles. The Kier molecular flexibility index (Phi) is 5.18. The van der Waals surface area contributed by atoms with E-state index in [-0.39, 0.29) is 12.4 Å². The second-order valence-electron chi connectivity index (χ2n) is 5.14. The predicted molar refractivity (Wildman–Crippen MR) is 85.2 cm³/mol. The third-order valence-electron chi connectivity index (χ3n) is 3.05. The van der Waals surface area contributed by atoms with Crippen LogP contribution < -0.4 is 15.8 Å². The molecule has 0 aromatic heterocycles. The lowest BCUT2D eigenvalue weighted by atomic mass is 10.1. The standard InChI is InChI=1S/C16H20NO3P/c1-13(17)11-14-7-9-15(10-8-14)20-12-21(18,19)16-5-3-2-4-6-16/h2-10,13H,11-12,17H2,1H3,(H,18,19). The highest BCUT2D eigenvalue weighted by Crippen LogP contribution is 2.39. The van der Waals surface area contributed by atoms with Crippen molar-refractivity contribution in [1.82, 2.24) is 0 Å². The number of ether oxygens (including phenoxy) is 1. The SMILES string of the molecule is CC(N)Cc1ccc(OCP(=O)(O)c2ccccc2)cc1. The van der Waals surface area contributed by atoms with Crippen molar-refractivity contribution in [2.75, 3.05) is 6.35 Å². The van der Waals surface area contributed by atoms with E-state index in [2.05, 4.69) is 0 Å². The number of hydrogen-bond donors (Lipinski definition) is 2. The van der Waals surface area contributed by atoms with Crippen LogP contribution in [-0.4, -0.2) is 17.3 Å². The third-order valence-corrected chi connectivity index (χ3v) is 4.63. The van der Waals surface area contributed by atoms with Gasteiger partial charge in [0.05, 0.1) is 0 Å². The van der Waals surface area contributed by atoms with Crippen LogP contribution in [0.2, 0.25) is 0 Å². The van der Waals surface area contributed by atoms with E-state index in [0.717, 1.165) is 12.0 Å². The van der Waals surface area contributed by atoms with Crippen molar-refractivity contribution >= 4 is 12.7 Å². The highest BCUT2D eigenvalue weighted by Gasteiger charge is 2.21. The van der Waals surface area contributed by atoms with E-state index >= 15 is 0 Å². The molecule has 0 aliphatic carbocycles. The van der Waals surface area contributed by atoms with Crippen molar-refractivity contribution in [2.45, 2.75) is 19.4 Å². The molecule has 0 bridgehead atoms. The van der Waals surface area contributed by atoms with Crippen LogP contribution in [0.25, 0.3) is 0 Å². The highest BCUT2D eigenvalue weighted by molar-refractivity contribution is 7.65. The summed E-state index contributed by atoms with van der Waals surface area (Å²) < 4.78 is 17.7. The molecule has 5 heteroatoms. The van der Waals surface area contributed by atoms with E-state index in [4.69, 9.17) is 10.5 Å². The zero-order chi connectivity index (χ0) is 15.3. The zero-order valence-corrected chi connectivity index (χ0v) is 12.9. The Morgan fingerprint density at radius 2 is 1.76 bits per heavy atom. The largest absolute Gasteiger partial charge is 0.483 e. The summed E-state index contributed by atoms with van der Waals surface area (Å²) in [4.78, 5) is 10.0. The summed E-state index contributed by atoms with van der Waals surface area (Å²) in [7, 11) is -3.49. The van der Waals surface area contributed by atoms with Crippen molar-refractivity contribution in [3.05, 3.63) is 60.2 Å². The lowest BCUT2D eigenvalue weighted by Gasteiger charge is -2.13. The number of rotatable bonds is 6. The average molecular weight is 305 g/mol. The summed E-state index contributed by atoms with van der Waals surface area (Å²) in [6.07, 6.45) is 0.562. The summed E-state index contributed by atoms with van der Waals surface area (Å²) in [5.74, 6) is 0.577. The quantitative estimate of drug-likeness (QED) is 0.804. The molecule has 0 saturated heterocycles. The summed E-state index contributed by atoms with van der Waals surface area (Å²) in [6, 6.07) is 16.1. The van der Waals surface area contributed by atoms with Gasteiger partial charge in [0.25, 0.3) is 7.37 Å². The Morgan fingerprint density at radius 1 is 1.14 bits per heavy atom. The minimum absolute atomic E-state index is 0.104. The molecule has 3 N–H and O–H groups in total. The van der Waals surface area contributed by atoms with Gasteiger partial charge < -0.3 is 15.4 Å². The van der Waals surface area contributed by atoms with Gasteiger partial charge in [-0.25, -0.2) is 0 Å². The molecule has 0 fully saturated rings. The molecule has 0 amide bonds. The van der Waals surface area contributed by atoms with Gasteiger partial charge in [0.1, 0.15) is 5.75 Å². The van der Waals surface area contributed by atoms with Gasteiger partial charge in [-0.1, -0.05) is 30.3 Å². The van der Waals surface area contributed by atoms with E-state index in [9.17, 15) is 9.46 Å². The Labute approximate surface area is 125 Å². The Hall–Kier alpha value is -1.61. The summed E-state index contributed by atoms with van der Waals surface area (Å²) >= 11 is 0. The number of benzene rings is 2. The second kappa shape index (κ2) is 6.90. The smallest absolute Gasteiger partial charge is 0.265 e. The molecule has 2 aromatic rings. The Balaban J connectivity index is 1.98. The van der Waals surface area contributed by atoms with Crippen LogP contribution >= 0.6 is 7.37 Å². The monoisotopic (exact) mass is 305 g/mol. The first-order chi connectivity index (χ1) is 9.97. The minimum Gasteiger partial charge on any atom is -0.483 e. The van der Waals surface area contributed by atoms with Crippen LogP contribution in [0.4, 0.5) is 0 Å². The van der Waals surface area contributed by atoms with Crippen molar-refractivity contribution in [3.63, 3.8) is 0 Å². The van der Waals surface area contributed by atoms with Crippen LogP contribution in [0.3, 0.4) is 0 Å². The molecule has 2 rings (SSSR count). The molecule has 4 nitrogen and oxygen atoms in total. The second-order valence-corrected chi connectivity index (χ2v) is 7.31. The molecule has 0 saturated carbocycles. The van der Waals surface area contributed by atoms with E-state index in [1.54, 1.807) is 36.4 Å². The summed E-state index contributed by atoms with van der Waals surface area (Å²) in [6.45, 7) is 1.95. The van der Waals surface area contributed by atoms with Crippen molar-refractivity contribution in [2.24, 2.45) is 5.73 Å². The van der Waals surface area contributed by atoms with E-state index in [1.165, 1.54) is 0 Å². The van der Waals surface area contributed by atoms with Crippen LogP contribution in [0.5, 0.6) is 5.75 Å². The van der Waals surface area contributed by atoms with Gasteiger partial charge in [0, 0.05) is 11.3 Å². The lowest BCUT2D eigenvalue weighted by molar-refractivity contribution is 0.354. The van der Waals surface area contributed by atoms with Gasteiger partial charge in [0.15, 0.2) is 6.35 Å². The van der Waals surface area contributed by atoms with Gasteiger partial charge in [-0.3, -0.25) is 4.57 Å². The normalized spacial score (nSPS) is 15.2. The molecule has 0 aliphatic rings. The molecule has 21 heavy (non-hydrogen) atoms. The maximum absolute atomic E-state index is 12.2. The first kappa shape index (κ1) is 15.8. The molecule has 0 radical (unpaired) electrons. The Morgan fingerprint density at radius 3 is 2.33 bits per heavy atom. The fourth-order valence-electron chi connectivity index (χ4n) is 1.99. The van der Waals surface area contributed by atoms with Gasteiger partial charge in [-0.15, -0.1) is 0 Å². The molecular weight excluding hydrogens is 285 g/mol. The summed E-state index contributed by atoms with van der Waals surface area (Å²) in [5.41, 5.74) is 6.86. The molecule has 2 unspecified atom stereocenters. The van der Waals surface area contributed by atoms with Crippen molar-refractivity contribution < 1.29 is 14.2 Å². The average Bonchev–Trinajstić information content (AvgIpc) is 2.47. The maximum atomic E-state index is 12.2. The van der Waals surface area contributed by atoms with Crippen LogP contribution in [0.1, 0.15) is 12.5 Å². The molecule has 2 aromatic carbocycles. The van der Waals surface area contributed by atoms with Crippen molar-refractivity contribution in [1.29, 1.82) is 0 Å². The van der Waals surface area contributed by atoms with Crippen molar-refractivity contribution in [3.8, 4) is 5.75 Å². The Bertz CT molecular complexity index is 611. The van der Waals surface area contributed by atoms with E-state index in [1.807, 2.05) is 25.1 Å². The minimum atomic E-state index is -3.49. The van der Waals surface area contributed by atoms with Gasteiger partial charge in [-0.05, 0) is 43.2 Å². The van der Waals surface area contributed by atoms with E-state index in [0.29, 0.717) is 11.1 Å². The fourth-order valence-corrected chi connectivity index (χ4v) is 3.10. The van der Waals surface area contributed by atoms with Gasteiger partial charge in [0.2, 0.25) is 0 Å². The van der Waals surface area contributed by atoms with Gasteiger partial charge >= 0.3 is 0 Å². The lowest BCUT2D eigenvalue weighted by Crippen LogP contribution is -2.17. The van der Waals surface area contributed by atoms with E-state index < -0.39 is 7.37 Å². The van der Waals surface area contributed by atoms with Crippen LogP contribution in [0.15, 0.2) is 54.6 Å². The van der Waals surface area contributed by atoms with Gasteiger partial charge in [-0.2, -0.15) is 0 Å². The molecule has 0 aliphatic heterocycles. The maximum Gasteiger partial charge on any atom is 0.265 e. The first-order valence-corrected chi connectivity index (χ1v) is 8.66. The summed E-state index contributed by atoms with van der Waals surface area (Å²) in [5, 5.41) is 0.401. The molecule has 112 valence electrons. The number of nitrogens with two attached hydrogens (primary N) is 1. The third kappa shape index (κ3) is 4.71. The molecule has 0 spiro atoms. The number of hydrogen-bond acceptors (Lipinski definition) is 3. The zero-order valence-electron chi connectivity index (χ0n) is 12.0. The molecular formula is C16H20NO3P. The van der Waals surface area contributed by atoms with Crippen LogP contribution in [-0.2, 0) is 11.0 Å². The van der Waals surface area contributed by atoms with Crippen LogP contribution in [0, 0.1) is 0 Å². The first-order valence-electron chi connectivity index (χ1n) is 6.82.